The molecule has 0 bridgehead atoms. The first-order chi connectivity index (χ1) is 9.47. The lowest BCUT2D eigenvalue weighted by Gasteiger charge is -2.31. The van der Waals surface area contributed by atoms with Gasteiger partial charge in [-0.1, -0.05) is 6.92 Å². The fraction of sp³-hybridized carbons (Fsp3) is 0.429. The minimum atomic E-state index is -1.19. The average molecular weight is 278 g/mol. The number of nitrogens with zero attached hydrogens (tertiary/aromatic N) is 1. The number of phenolic OH excluding ortho intramolecular Hbond substituents is 1. The summed E-state index contributed by atoms with van der Waals surface area (Å²) in [6.45, 7) is 3.44. The molecule has 1 saturated heterocycles. The molecular weight excluding hydrogens is 260 g/mol. The van der Waals surface area contributed by atoms with Gasteiger partial charge in [-0.05, 0) is 37.0 Å². The van der Waals surface area contributed by atoms with Gasteiger partial charge in [0.2, 0.25) is 0 Å². The lowest BCUT2D eigenvalue weighted by atomic mass is 10.0. The largest absolute Gasteiger partial charge is 0.508 e. The molecule has 0 aromatic heterocycles. The second-order valence-electron chi connectivity index (χ2n) is 5.16. The van der Waals surface area contributed by atoms with Crippen LogP contribution in [0.2, 0.25) is 0 Å². The summed E-state index contributed by atoms with van der Waals surface area (Å²) < 4.78 is 0. The van der Waals surface area contributed by atoms with Crippen LogP contribution in [0.4, 0.5) is 10.5 Å². The van der Waals surface area contributed by atoms with Crippen molar-refractivity contribution in [3.8, 4) is 5.75 Å². The molecule has 0 spiro atoms. The van der Waals surface area contributed by atoms with E-state index in [1.165, 1.54) is 12.1 Å². The summed E-state index contributed by atoms with van der Waals surface area (Å²) in [4.78, 5) is 24.9. The molecule has 1 aromatic rings. The number of carboxylic acid groups (broad SMARTS) is 1. The third-order valence-electron chi connectivity index (χ3n) is 3.42. The van der Waals surface area contributed by atoms with Crippen LogP contribution in [0.3, 0.4) is 0 Å². The number of carbonyl (C=O) groups excluding carboxylic acids is 1. The van der Waals surface area contributed by atoms with E-state index in [1.807, 2.05) is 0 Å². The third-order valence-corrected chi connectivity index (χ3v) is 3.42. The van der Waals surface area contributed by atoms with Crippen molar-refractivity contribution >= 4 is 17.7 Å². The molecule has 1 aromatic carbocycles. The van der Waals surface area contributed by atoms with E-state index >= 15 is 0 Å². The Morgan fingerprint density at radius 3 is 2.80 bits per heavy atom. The number of piperidine rings is 1. The standard InChI is InChI=1S/C14H18N2O4/c1-9-3-2-6-16(8-9)14(20)15-12-5-4-10(17)7-11(12)13(18)19/h4-5,7,9,17H,2-3,6,8H2,1H3,(H,15,20)(H,18,19). The fourth-order valence-electron chi connectivity index (χ4n) is 2.39. The second kappa shape index (κ2) is 5.81. The smallest absolute Gasteiger partial charge is 0.337 e. The number of carbonyl (C=O) groups is 2. The maximum Gasteiger partial charge on any atom is 0.337 e. The lowest BCUT2D eigenvalue weighted by molar-refractivity contribution is 0.0697. The number of urea groups is 1. The Kier molecular flexibility index (Phi) is 4.12. The summed E-state index contributed by atoms with van der Waals surface area (Å²) in [7, 11) is 0. The molecule has 1 aliphatic rings. The van der Waals surface area contributed by atoms with Crippen LogP contribution in [0.15, 0.2) is 18.2 Å². The minimum absolute atomic E-state index is 0.122. The highest BCUT2D eigenvalue weighted by molar-refractivity contribution is 6.00. The van der Waals surface area contributed by atoms with E-state index in [9.17, 15) is 14.7 Å². The number of likely N-dealkylation sites (tertiary alicyclic amines) is 1. The molecule has 108 valence electrons. The zero-order chi connectivity index (χ0) is 14.7. The van der Waals surface area contributed by atoms with Gasteiger partial charge in [-0.2, -0.15) is 0 Å². The average Bonchev–Trinajstić information content (AvgIpc) is 2.40. The Hall–Kier alpha value is -2.24. The van der Waals surface area contributed by atoms with Crippen molar-refractivity contribution in [3.63, 3.8) is 0 Å². The molecule has 1 aliphatic heterocycles. The molecule has 1 atom stereocenters. The molecule has 3 N–H and O–H groups in total. The highest BCUT2D eigenvalue weighted by Gasteiger charge is 2.22. The molecule has 1 heterocycles. The number of carboxylic acids is 1. The van der Waals surface area contributed by atoms with Gasteiger partial charge >= 0.3 is 12.0 Å². The molecule has 1 fully saturated rings. The van der Waals surface area contributed by atoms with Gasteiger partial charge in [0.15, 0.2) is 0 Å². The van der Waals surface area contributed by atoms with E-state index in [1.54, 1.807) is 4.90 Å². The molecule has 0 aliphatic carbocycles. The number of nitrogens with one attached hydrogen (secondary N) is 1. The summed E-state index contributed by atoms with van der Waals surface area (Å²) >= 11 is 0. The summed E-state index contributed by atoms with van der Waals surface area (Å²) in [6, 6.07) is 3.56. The number of hydrogen-bond acceptors (Lipinski definition) is 3. The van der Waals surface area contributed by atoms with Crippen LogP contribution in [0.5, 0.6) is 5.75 Å². The SMILES string of the molecule is CC1CCCN(C(=O)Nc2ccc(O)cc2C(=O)O)C1. The number of anilines is 1. The topological polar surface area (TPSA) is 89.9 Å². The van der Waals surface area contributed by atoms with E-state index < -0.39 is 5.97 Å². The zero-order valence-electron chi connectivity index (χ0n) is 11.3. The number of benzene rings is 1. The maximum absolute atomic E-state index is 12.1. The van der Waals surface area contributed by atoms with Gasteiger partial charge in [-0.25, -0.2) is 9.59 Å². The van der Waals surface area contributed by atoms with Gasteiger partial charge in [-0.15, -0.1) is 0 Å². The van der Waals surface area contributed by atoms with Crippen molar-refractivity contribution in [1.29, 1.82) is 0 Å². The van der Waals surface area contributed by atoms with E-state index in [0.29, 0.717) is 19.0 Å². The predicted molar refractivity (Wildman–Crippen MR) is 74.1 cm³/mol. The van der Waals surface area contributed by atoms with Crippen LogP contribution in [-0.4, -0.2) is 40.2 Å². The number of rotatable bonds is 2. The molecule has 2 rings (SSSR count). The fourth-order valence-corrected chi connectivity index (χ4v) is 2.39. The van der Waals surface area contributed by atoms with E-state index in [0.717, 1.165) is 18.9 Å². The van der Waals surface area contributed by atoms with Gasteiger partial charge in [0.1, 0.15) is 5.75 Å². The molecule has 0 radical (unpaired) electrons. The summed E-state index contributed by atoms with van der Waals surface area (Å²) in [5.41, 5.74) is 0.0712. The lowest BCUT2D eigenvalue weighted by Crippen LogP contribution is -2.41. The van der Waals surface area contributed by atoms with Crippen LogP contribution in [0, 0.1) is 5.92 Å². The number of hydrogen-bond donors (Lipinski definition) is 3. The highest BCUT2D eigenvalue weighted by atomic mass is 16.4. The zero-order valence-corrected chi connectivity index (χ0v) is 11.3. The molecule has 0 saturated carbocycles. The van der Waals surface area contributed by atoms with Gasteiger partial charge in [-0.3, -0.25) is 0 Å². The van der Waals surface area contributed by atoms with Gasteiger partial charge in [0.25, 0.3) is 0 Å². The van der Waals surface area contributed by atoms with E-state index in [2.05, 4.69) is 12.2 Å². The van der Waals surface area contributed by atoms with Crippen LogP contribution in [0.25, 0.3) is 0 Å². The summed E-state index contributed by atoms with van der Waals surface area (Å²) in [5, 5.41) is 21.0. The van der Waals surface area contributed by atoms with Gasteiger partial charge in [0.05, 0.1) is 11.3 Å². The van der Waals surface area contributed by atoms with Crippen molar-refractivity contribution in [2.45, 2.75) is 19.8 Å². The first-order valence-corrected chi connectivity index (χ1v) is 6.59. The van der Waals surface area contributed by atoms with Crippen LogP contribution in [-0.2, 0) is 0 Å². The monoisotopic (exact) mass is 278 g/mol. The second-order valence-corrected chi connectivity index (χ2v) is 5.16. The third kappa shape index (κ3) is 3.20. The van der Waals surface area contributed by atoms with Crippen LogP contribution >= 0.6 is 0 Å². The van der Waals surface area contributed by atoms with Gasteiger partial charge < -0.3 is 20.4 Å². The molecule has 6 nitrogen and oxygen atoms in total. The normalized spacial score (nSPS) is 18.6. The number of aromatic hydroxyl groups is 1. The van der Waals surface area contributed by atoms with Crippen LogP contribution < -0.4 is 5.32 Å². The molecule has 20 heavy (non-hydrogen) atoms. The van der Waals surface area contributed by atoms with Crippen molar-refractivity contribution in [2.24, 2.45) is 5.92 Å². The first kappa shape index (κ1) is 14.2. The Bertz CT molecular complexity index is 530. The quantitative estimate of drug-likeness (QED) is 0.724. The number of aromatic carboxylic acids is 1. The molecule has 2 amide bonds. The summed E-state index contributed by atoms with van der Waals surface area (Å²) in [6.07, 6.45) is 2.05. The Morgan fingerprint density at radius 1 is 1.40 bits per heavy atom. The minimum Gasteiger partial charge on any atom is -0.508 e. The van der Waals surface area contributed by atoms with Crippen LogP contribution in [0.1, 0.15) is 30.1 Å². The molecule has 6 heteroatoms. The Labute approximate surface area is 117 Å². The number of phenols is 1. The van der Waals surface area contributed by atoms with E-state index in [4.69, 9.17) is 5.11 Å². The first-order valence-electron chi connectivity index (χ1n) is 6.59. The Balaban J connectivity index is 2.13. The summed E-state index contributed by atoms with van der Waals surface area (Å²) in [5.74, 6) is -0.886. The number of amides is 2. The predicted octanol–water partition coefficient (Wildman–Crippen LogP) is 2.35. The van der Waals surface area contributed by atoms with Gasteiger partial charge in [0, 0.05) is 13.1 Å². The molecular formula is C14H18N2O4. The van der Waals surface area contributed by atoms with Crippen molar-refractivity contribution in [3.05, 3.63) is 23.8 Å². The Morgan fingerprint density at radius 2 is 2.15 bits per heavy atom. The van der Waals surface area contributed by atoms with Crippen molar-refractivity contribution in [2.75, 3.05) is 18.4 Å². The van der Waals surface area contributed by atoms with Crippen molar-refractivity contribution < 1.29 is 19.8 Å². The molecule has 1 unspecified atom stereocenters. The van der Waals surface area contributed by atoms with Crippen molar-refractivity contribution in [1.82, 2.24) is 4.90 Å². The maximum atomic E-state index is 12.1. The highest BCUT2D eigenvalue weighted by Crippen LogP contribution is 2.23. The van der Waals surface area contributed by atoms with E-state index in [-0.39, 0.29) is 23.0 Å².